The minimum absolute atomic E-state index is 1.03. The number of aromatic nitrogens is 3. The van der Waals surface area contributed by atoms with Crippen molar-refractivity contribution in [3.05, 3.63) is 31.1 Å². The minimum Gasteiger partial charge on any atom is -0.303 e. The molecule has 58 valence electrons. The molecular formula is C8H11N3. The Hall–Kier alpha value is -1.38. The Balaban J connectivity index is 0.000000281. The molecule has 0 saturated carbocycles. The van der Waals surface area contributed by atoms with Gasteiger partial charge in [-0.25, -0.2) is 4.98 Å². The van der Waals surface area contributed by atoms with Gasteiger partial charge in [-0.05, 0) is 0 Å². The summed E-state index contributed by atoms with van der Waals surface area (Å²) >= 11 is 0. The van der Waals surface area contributed by atoms with Gasteiger partial charge in [0.1, 0.15) is 0 Å². The number of nitrogens with zero attached hydrogens (tertiary/aromatic N) is 3. The Morgan fingerprint density at radius 1 is 1.18 bits per heavy atom. The third-order valence-corrected chi connectivity index (χ3v) is 1.22. The van der Waals surface area contributed by atoms with Crippen molar-refractivity contribution in [2.75, 3.05) is 0 Å². The first-order chi connectivity index (χ1) is 5.47. The first-order valence-electron chi connectivity index (χ1n) is 3.68. The molecule has 0 N–H and O–H groups in total. The average Bonchev–Trinajstić information content (AvgIpc) is 2.55. The number of imidazole rings is 1. The number of hydrogen-bond donors (Lipinski definition) is 0. The Labute approximate surface area is 65.7 Å². The van der Waals surface area contributed by atoms with Crippen LogP contribution in [0.2, 0.25) is 0 Å². The van der Waals surface area contributed by atoms with E-state index in [1.807, 2.05) is 24.4 Å². The molecule has 0 amide bonds. The normalized spacial score (nSPS) is 8.91. The smallest absolute Gasteiger partial charge is 0.0992 e. The van der Waals surface area contributed by atoms with Crippen LogP contribution in [0.15, 0.2) is 31.1 Å². The molecule has 0 aliphatic carbocycles. The summed E-state index contributed by atoms with van der Waals surface area (Å²) in [6.45, 7) is 4.00. The Morgan fingerprint density at radius 3 is 2.64 bits per heavy atom. The van der Waals surface area contributed by atoms with E-state index >= 15 is 0 Å². The fourth-order valence-corrected chi connectivity index (χ4v) is 0.769. The molecule has 2 aromatic rings. The highest BCUT2D eigenvalue weighted by Gasteiger charge is 1.86. The standard InChI is InChI=1S/C6H5N3.C2H6/c1-2-9-5-8-4-6(9)3-7-1;1-2/h1-5H;1-2H3. The summed E-state index contributed by atoms with van der Waals surface area (Å²) in [5, 5.41) is 0. The molecule has 2 rings (SSSR count). The van der Waals surface area contributed by atoms with Gasteiger partial charge in [0.05, 0.1) is 24.2 Å². The second kappa shape index (κ2) is 3.71. The quantitative estimate of drug-likeness (QED) is 0.571. The largest absolute Gasteiger partial charge is 0.303 e. The summed E-state index contributed by atoms with van der Waals surface area (Å²) in [6.07, 6.45) is 8.88. The lowest BCUT2D eigenvalue weighted by molar-refractivity contribution is 1.11. The van der Waals surface area contributed by atoms with Gasteiger partial charge >= 0.3 is 0 Å². The van der Waals surface area contributed by atoms with E-state index in [0.717, 1.165) is 5.52 Å². The Morgan fingerprint density at radius 2 is 1.91 bits per heavy atom. The van der Waals surface area contributed by atoms with Gasteiger partial charge in [0.25, 0.3) is 0 Å². The molecule has 0 aromatic carbocycles. The van der Waals surface area contributed by atoms with Crippen molar-refractivity contribution in [1.29, 1.82) is 0 Å². The van der Waals surface area contributed by atoms with Gasteiger partial charge in [-0.2, -0.15) is 0 Å². The van der Waals surface area contributed by atoms with Crippen LogP contribution >= 0.6 is 0 Å². The monoisotopic (exact) mass is 149 g/mol. The van der Waals surface area contributed by atoms with Crippen LogP contribution in [0.1, 0.15) is 13.8 Å². The molecule has 0 aliphatic rings. The zero-order chi connectivity index (χ0) is 8.10. The third kappa shape index (κ3) is 1.55. The fraction of sp³-hybridized carbons (Fsp3) is 0.250. The highest BCUT2D eigenvalue weighted by molar-refractivity contribution is 5.40. The van der Waals surface area contributed by atoms with Gasteiger partial charge in [-0.3, -0.25) is 4.98 Å². The fourth-order valence-electron chi connectivity index (χ4n) is 0.769. The van der Waals surface area contributed by atoms with Crippen LogP contribution in [0.3, 0.4) is 0 Å². The molecule has 0 radical (unpaired) electrons. The average molecular weight is 149 g/mol. The maximum atomic E-state index is 3.92. The molecule has 0 fully saturated rings. The molecule has 2 aromatic heterocycles. The molecule has 11 heavy (non-hydrogen) atoms. The summed E-state index contributed by atoms with van der Waals surface area (Å²) in [6, 6.07) is 0. The van der Waals surface area contributed by atoms with Crippen LogP contribution in [-0.4, -0.2) is 14.4 Å². The minimum atomic E-state index is 1.03. The molecule has 0 bridgehead atoms. The number of fused-ring (bicyclic) bond motifs is 1. The van der Waals surface area contributed by atoms with Gasteiger partial charge in [-0.1, -0.05) is 13.8 Å². The number of hydrogen-bond acceptors (Lipinski definition) is 2. The molecule has 0 atom stereocenters. The van der Waals surface area contributed by atoms with Gasteiger partial charge < -0.3 is 4.40 Å². The molecule has 3 heteroatoms. The van der Waals surface area contributed by atoms with E-state index in [-0.39, 0.29) is 0 Å². The van der Waals surface area contributed by atoms with Gasteiger partial charge in [0.15, 0.2) is 0 Å². The SMILES string of the molecule is CC.c1cn2cncc2cn1. The second-order valence-electron chi connectivity index (χ2n) is 1.80. The summed E-state index contributed by atoms with van der Waals surface area (Å²) in [7, 11) is 0. The van der Waals surface area contributed by atoms with Gasteiger partial charge in [-0.15, -0.1) is 0 Å². The van der Waals surface area contributed by atoms with Crippen molar-refractivity contribution >= 4 is 5.52 Å². The predicted octanol–water partition coefficient (Wildman–Crippen LogP) is 1.76. The lowest BCUT2D eigenvalue weighted by Crippen LogP contribution is -1.79. The van der Waals surface area contributed by atoms with Crippen molar-refractivity contribution < 1.29 is 0 Å². The van der Waals surface area contributed by atoms with Crippen molar-refractivity contribution in [1.82, 2.24) is 14.4 Å². The van der Waals surface area contributed by atoms with E-state index in [1.54, 1.807) is 24.9 Å². The van der Waals surface area contributed by atoms with Gasteiger partial charge in [0.2, 0.25) is 0 Å². The molecule has 2 heterocycles. The maximum absolute atomic E-state index is 3.92. The highest BCUT2D eigenvalue weighted by atomic mass is 15.0. The third-order valence-electron chi connectivity index (χ3n) is 1.22. The van der Waals surface area contributed by atoms with Gasteiger partial charge in [0, 0.05) is 12.4 Å². The van der Waals surface area contributed by atoms with Crippen LogP contribution in [0.25, 0.3) is 5.52 Å². The van der Waals surface area contributed by atoms with E-state index < -0.39 is 0 Å². The van der Waals surface area contributed by atoms with E-state index in [2.05, 4.69) is 9.97 Å². The highest BCUT2D eigenvalue weighted by Crippen LogP contribution is 1.95. The lowest BCUT2D eigenvalue weighted by atomic mass is 10.6. The molecule has 0 saturated heterocycles. The van der Waals surface area contributed by atoms with Crippen LogP contribution < -0.4 is 0 Å². The zero-order valence-corrected chi connectivity index (χ0v) is 6.73. The van der Waals surface area contributed by atoms with Crippen molar-refractivity contribution in [2.24, 2.45) is 0 Å². The van der Waals surface area contributed by atoms with Crippen LogP contribution in [0.5, 0.6) is 0 Å². The van der Waals surface area contributed by atoms with E-state index in [1.165, 1.54) is 0 Å². The topological polar surface area (TPSA) is 30.2 Å². The Bertz CT molecular complexity index is 283. The predicted molar refractivity (Wildman–Crippen MR) is 44.3 cm³/mol. The van der Waals surface area contributed by atoms with Crippen LogP contribution in [-0.2, 0) is 0 Å². The van der Waals surface area contributed by atoms with E-state index in [9.17, 15) is 0 Å². The van der Waals surface area contributed by atoms with E-state index in [4.69, 9.17) is 0 Å². The van der Waals surface area contributed by atoms with E-state index in [0.29, 0.717) is 0 Å². The van der Waals surface area contributed by atoms with Crippen LogP contribution in [0, 0.1) is 0 Å². The number of rotatable bonds is 0. The van der Waals surface area contributed by atoms with Crippen molar-refractivity contribution in [3.8, 4) is 0 Å². The Kier molecular flexibility index (Phi) is 2.60. The first kappa shape index (κ1) is 7.72. The summed E-state index contributed by atoms with van der Waals surface area (Å²) < 4.78 is 1.91. The first-order valence-corrected chi connectivity index (χ1v) is 3.68. The van der Waals surface area contributed by atoms with Crippen molar-refractivity contribution in [3.63, 3.8) is 0 Å². The summed E-state index contributed by atoms with van der Waals surface area (Å²) in [4.78, 5) is 7.85. The molecule has 0 aliphatic heterocycles. The molecule has 3 nitrogen and oxygen atoms in total. The van der Waals surface area contributed by atoms with Crippen molar-refractivity contribution in [2.45, 2.75) is 13.8 Å². The lowest BCUT2D eigenvalue weighted by Gasteiger charge is -1.86. The molecule has 0 spiro atoms. The zero-order valence-electron chi connectivity index (χ0n) is 6.73. The second-order valence-corrected chi connectivity index (χ2v) is 1.80. The summed E-state index contributed by atoms with van der Waals surface area (Å²) in [5.74, 6) is 0. The maximum Gasteiger partial charge on any atom is 0.0992 e. The molecular weight excluding hydrogens is 138 g/mol. The molecule has 0 unspecified atom stereocenters. The summed E-state index contributed by atoms with van der Waals surface area (Å²) in [5.41, 5.74) is 1.03. The van der Waals surface area contributed by atoms with Crippen LogP contribution in [0.4, 0.5) is 0 Å².